The van der Waals surface area contributed by atoms with Gasteiger partial charge < -0.3 is 10.4 Å². The first kappa shape index (κ1) is 21.5. The average molecular weight is 390 g/mol. The number of aliphatic hydroxyl groups is 1. The van der Waals surface area contributed by atoms with Crippen LogP contribution >= 0.6 is 0 Å². The second-order valence-electron chi connectivity index (χ2n) is 8.32. The Bertz CT molecular complexity index is 900. The van der Waals surface area contributed by atoms with Crippen molar-refractivity contribution in [2.24, 2.45) is 5.92 Å². The molecule has 2 N–H and O–H groups in total. The van der Waals surface area contributed by atoms with Crippen molar-refractivity contribution in [2.75, 3.05) is 13.2 Å². The first-order valence-corrected chi connectivity index (χ1v) is 11.1. The lowest BCUT2D eigenvalue weighted by atomic mass is 9.93. The van der Waals surface area contributed by atoms with E-state index in [1.807, 2.05) is 0 Å². The lowest BCUT2D eigenvalue weighted by Crippen LogP contribution is -2.24. The molecule has 0 aliphatic rings. The molecule has 0 amide bonds. The molecule has 29 heavy (non-hydrogen) atoms. The highest BCUT2D eigenvalue weighted by Crippen LogP contribution is 2.31. The maximum atomic E-state index is 9.26. The molecule has 0 fully saturated rings. The summed E-state index contributed by atoms with van der Waals surface area (Å²) < 4.78 is 0. The van der Waals surface area contributed by atoms with Gasteiger partial charge in [0, 0.05) is 12.6 Å². The van der Waals surface area contributed by atoms with Crippen molar-refractivity contribution < 1.29 is 5.11 Å². The standard InChI is InChI=1S/C27H35NO/c1-4-5-10-27(28-18-17-20(2)19-29)23-14-12-22(13-15-23)25-16-11-21(3)24-8-6-7-9-26(24)25/h6-9,11-16,20,27-29H,4-5,10,17-19H2,1-3H3. The van der Waals surface area contributed by atoms with Crippen molar-refractivity contribution in [3.8, 4) is 11.1 Å². The summed E-state index contributed by atoms with van der Waals surface area (Å²) in [6.07, 6.45) is 4.58. The maximum Gasteiger partial charge on any atom is 0.0457 e. The third-order valence-electron chi connectivity index (χ3n) is 5.95. The molecule has 0 spiro atoms. The molecule has 3 aromatic carbocycles. The van der Waals surface area contributed by atoms with Gasteiger partial charge in [0.1, 0.15) is 0 Å². The molecule has 0 heterocycles. The first-order chi connectivity index (χ1) is 14.1. The zero-order chi connectivity index (χ0) is 20.6. The number of aryl methyl sites for hydroxylation is 1. The number of nitrogens with one attached hydrogen (secondary N) is 1. The van der Waals surface area contributed by atoms with E-state index >= 15 is 0 Å². The van der Waals surface area contributed by atoms with Gasteiger partial charge in [0.25, 0.3) is 0 Å². The highest BCUT2D eigenvalue weighted by molar-refractivity contribution is 5.98. The molecule has 2 nitrogen and oxygen atoms in total. The molecule has 0 saturated carbocycles. The van der Waals surface area contributed by atoms with Crippen LogP contribution in [0.25, 0.3) is 21.9 Å². The van der Waals surface area contributed by atoms with E-state index in [1.54, 1.807) is 0 Å². The summed E-state index contributed by atoms with van der Waals surface area (Å²) in [7, 11) is 0. The van der Waals surface area contributed by atoms with E-state index in [2.05, 4.69) is 86.8 Å². The van der Waals surface area contributed by atoms with Crippen LogP contribution in [0.3, 0.4) is 0 Å². The zero-order valence-electron chi connectivity index (χ0n) is 18.1. The SMILES string of the molecule is CCCCC(NCCC(C)CO)c1ccc(-c2ccc(C)c3ccccc23)cc1. The quantitative estimate of drug-likeness (QED) is 0.406. The maximum absolute atomic E-state index is 9.26. The molecular formula is C27H35NO. The number of unbranched alkanes of at least 4 members (excludes halogenated alkanes) is 1. The van der Waals surface area contributed by atoms with E-state index in [4.69, 9.17) is 0 Å². The molecule has 154 valence electrons. The van der Waals surface area contributed by atoms with Gasteiger partial charge in [-0.05, 0) is 65.3 Å². The molecule has 0 bridgehead atoms. The molecule has 2 heteroatoms. The molecule has 0 aliphatic heterocycles. The molecule has 3 rings (SSSR count). The lowest BCUT2D eigenvalue weighted by molar-refractivity contribution is 0.228. The molecule has 0 aliphatic carbocycles. The van der Waals surface area contributed by atoms with Crippen molar-refractivity contribution in [1.29, 1.82) is 0 Å². The fourth-order valence-electron chi connectivity index (χ4n) is 3.99. The van der Waals surface area contributed by atoms with E-state index in [9.17, 15) is 5.11 Å². The minimum Gasteiger partial charge on any atom is -0.396 e. The summed E-state index contributed by atoms with van der Waals surface area (Å²) in [6.45, 7) is 7.73. The van der Waals surface area contributed by atoms with Gasteiger partial charge in [-0.15, -0.1) is 0 Å². The third kappa shape index (κ3) is 5.46. The molecule has 2 unspecified atom stereocenters. The first-order valence-electron chi connectivity index (χ1n) is 11.1. The Kier molecular flexibility index (Phi) is 7.85. The fraction of sp³-hybridized carbons (Fsp3) is 0.407. The number of hydrogen-bond donors (Lipinski definition) is 2. The van der Waals surface area contributed by atoms with Gasteiger partial charge in [-0.2, -0.15) is 0 Å². The van der Waals surface area contributed by atoms with Crippen LogP contribution < -0.4 is 5.32 Å². The number of aliphatic hydroxyl groups excluding tert-OH is 1. The highest BCUT2D eigenvalue weighted by Gasteiger charge is 2.12. The van der Waals surface area contributed by atoms with Gasteiger partial charge in [0.05, 0.1) is 0 Å². The van der Waals surface area contributed by atoms with Crippen LogP contribution in [0.4, 0.5) is 0 Å². The Labute approximate surface area is 176 Å². The van der Waals surface area contributed by atoms with Gasteiger partial charge in [0.2, 0.25) is 0 Å². The van der Waals surface area contributed by atoms with E-state index in [-0.39, 0.29) is 6.61 Å². The van der Waals surface area contributed by atoms with Crippen molar-refractivity contribution in [3.05, 3.63) is 71.8 Å². The normalized spacial score (nSPS) is 13.5. The summed E-state index contributed by atoms with van der Waals surface area (Å²) in [6, 6.07) is 22.6. The average Bonchev–Trinajstić information content (AvgIpc) is 2.76. The predicted molar refractivity (Wildman–Crippen MR) is 125 cm³/mol. The van der Waals surface area contributed by atoms with Crippen molar-refractivity contribution in [2.45, 2.75) is 52.5 Å². The minimum atomic E-state index is 0.264. The Balaban J connectivity index is 1.81. The highest BCUT2D eigenvalue weighted by atomic mass is 16.3. The van der Waals surface area contributed by atoms with Gasteiger partial charge in [-0.25, -0.2) is 0 Å². The topological polar surface area (TPSA) is 32.3 Å². The second kappa shape index (κ2) is 10.6. The van der Waals surface area contributed by atoms with Crippen LogP contribution in [0.1, 0.15) is 56.7 Å². The number of fused-ring (bicyclic) bond motifs is 1. The van der Waals surface area contributed by atoms with E-state index in [1.165, 1.54) is 45.9 Å². The van der Waals surface area contributed by atoms with E-state index in [0.29, 0.717) is 12.0 Å². The summed E-state index contributed by atoms with van der Waals surface area (Å²) in [5, 5.41) is 15.6. The Hall–Kier alpha value is -2.16. The molecule has 0 saturated heterocycles. The Morgan fingerprint density at radius 1 is 0.897 bits per heavy atom. The van der Waals surface area contributed by atoms with Crippen LogP contribution in [0.5, 0.6) is 0 Å². The lowest BCUT2D eigenvalue weighted by Gasteiger charge is -2.21. The van der Waals surface area contributed by atoms with E-state index in [0.717, 1.165) is 19.4 Å². The third-order valence-corrected chi connectivity index (χ3v) is 5.95. The van der Waals surface area contributed by atoms with Crippen molar-refractivity contribution in [1.82, 2.24) is 5.32 Å². The van der Waals surface area contributed by atoms with Crippen LogP contribution in [0.2, 0.25) is 0 Å². The largest absolute Gasteiger partial charge is 0.396 e. The van der Waals surface area contributed by atoms with Crippen molar-refractivity contribution >= 4 is 10.8 Å². The molecule has 2 atom stereocenters. The van der Waals surface area contributed by atoms with Crippen LogP contribution in [-0.4, -0.2) is 18.3 Å². The van der Waals surface area contributed by atoms with Gasteiger partial charge in [-0.1, -0.05) is 87.4 Å². The fourth-order valence-corrected chi connectivity index (χ4v) is 3.99. The number of rotatable bonds is 10. The molecular weight excluding hydrogens is 354 g/mol. The second-order valence-corrected chi connectivity index (χ2v) is 8.32. The van der Waals surface area contributed by atoms with Crippen molar-refractivity contribution in [3.63, 3.8) is 0 Å². The van der Waals surface area contributed by atoms with E-state index < -0.39 is 0 Å². The summed E-state index contributed by atoms with van der Waals surface area (Å²) in [5.74, 6) is 0.353. The summed E-state index contributed by atoms with van der Waals surface area (Å²) >= 11 is 0. The number of benzene rings is 3. The van der Waals surface area contributed by atoms with Crippen LogP contribution in [-0.2, 0) is 0 Å². The molecule has 3 aromatic rings. The summed E-state index contributed by atoms with van der Waals surface area (Å²) in [4.78, 5) is 0. The Morgan fingerprint density at radius 3 is 2.31 bits per heavy atom. The van der Waals surface area contributed by atoms with Crippen LogP contribution in [0.15, 0.2) is 60.7 Å². The summed E-state index contributed by atoms with van der Waals surface area (Å²) in [5.41, 5.74) is 5.25. The number of hydrogen-bond acceptors (Lipinski definition) is 2. The smallest absolute Gasteiger partial charge is 0.0457 e. The van der Waals surface area contributed by atoms with Gasteiger partial charge >= 0.3 is 0 Å². The predicted octanol–water partition coefficient (Wildman–Crippen LogP) is 6.65. The Morgan fingerprint density at radius 2 is 1.62 bits per heavy atom. The monoisotopic (exact) mass is 389 g/mol. The minimum absolute atomic E-state index is 0.264. The zero-order valence-corrected chi connectivity index (χ0v) is 18.1. The molecule has 0 radical (unpaired) electrons. The van der Waals surface area contributed by atoms with Crippen LogP contribution in [0, 0.1) is 12.8 Å². The van der Waals surface area contributed by atoms with Gasteiger partial charge in [-0.3, -0.25) is 0 Å². The van der Waals surface area contributed by atoms with Gasteiger partial charge in [0.15, 0.2) is 0 Å². The molecule has 0 aromatic heterocycles.